The number of piperidine rings is 1. The number of rotatable bonds is 3. The van der Waals surface area contributed by atoms with Crippen molar-refractivity contribution in [3.05, 3.63) is 54.1 Å². The second-order valence-corrected chi connectivity index (χ2v) is 9.40. The fraction of sp³-hybridized carbons (Fsp3) is 0.400. The summed E-state index contributed by atoms with van der Waals surface area (Å²) in [5.41, 5.74) is 6.60. The molecule has 0 aliphatic carbocycles. The Balaban J connectivity index is 0.000000172. The molecule has 1 aliphatic heterocycles. The molecular formula is C20H26FN5O3S. The lowest BCUT2D eigenvalue weighted by Crippen LogP contribution is -2.42. The van der Waals surface area contributed by atoms with Crippen LogP contribution in [0, 0.1) is 5.82 Å². The van der Waals surface area contributed by atoms with Gasteiger partial charge in [0.15, 0.2) is 5.82 Å². The van der Waals surface area contributed by atoms with Crippen LogP contribution in [0.1, 0.15) is 38.3 Å². The van der Waals surface area contributed by atoms with Crippen LogP contribution in [0.5, 0.6) is 0 Å². The average molecular weight is 436 g/mol. The van der Waals surface area contributed by atoms with Crippen molar-refractivity contribution in [3.63, 3.8) is 0 Å². The molecule has 10 heteroatoms. The Morgan fingerprint density at radius 3 is 2.60 bits per heavy atom. The molecule has 2 aromatic heterocycles. The lowest BCUT2D eigenvalue weighted by molar-refractivity contribution is 0.108. The predicted molar refractivity (Wildman–Crippen MR) is 112 cm³/mol. The van der Waals surface area contributed by atoms with Gasteiger partial charge in [-0.2, -0.15) is 4.31 Å². The number of halogens is 1. The quantitative estimate of drug-likeness (QED) is 0.653. The minimum Gasteiger partial charge on any atom is -0.392 e. The maximum absolute atomic E-state index is 13.4. The second-order valence-electron chi connectivity index (χ2n) is 7.46. The molecule has 0 spiro atoms. The van der Waals surface area contributed by atoms with Gasteiger partial charge in [-0.15, -0.1) is 5.10 Å². The number of nitrogen functional groups attached to an aromatic ring is 1. The van der Waals surface area contributed by atoms with Crippen LogP contribution in [-0.2, 0) is 10.0 Å². The van der Waals surface area contributed by atoms with Crippen LogP contribution in [0.15, 0.2) is 47.5 Å². The summed E-state index contributed by atoms with van der Waals surface area (Å²) < 4.78 is 40.5. The van der Waals surface area contributed by atoms with Crippen molar-refractivity contribution in [2.24, 2.45) is 0 Å². The zero-order chi connectivity index (χ0) is 21.9. The van der Waals surface area contributed by atoms with Gasteiger partial charge in [0.1, 0.15) is 5.52 Å². The number of β-amino-alcohol motifs (C(OH)–C–C–N with tert-alkyl or cyclic N) is 1. The van der Waals surface area contributed by atoms with Gasteiger partial charge in [0.2, 0.25) is 16.0 Å². The van der Waals surface area contributed by atoms with E-state index in [9.17, 15) is 17.9 Å². The lowest BCUT2D eigenvalue weighted by atomic mass is 10.1. The van der Waals surface area contributed by atoms with Gasteiger partial charge >= 0.3 is 0 Å². The third-order valence-corrected chi connectivity index (χ3v) is 6.72. The van der Waals surface area contributed by atoms with E-state index >= 15 is 0 Å². The summed E-state index contributed by atoms with van der Waals surface area (Å²) in [6.07, 6.45) is 2.25. The van der Waals surface area contributed by atoms with E-state index in [-0.39, 0.29) is 24.2 Å². The zero-order valence-electron chi connectivity index (χ0n) is 16.9. The van der Waals surface area contributed by atoms with Crippen LogP contribution < -0.4 is 5.73 Å². The predicted octanol–water partition coefficient (Wildman–Crippen LogP) is 2.41. The Morgan fingerprint density at radius 2 is 1.97 bits per heavy atom. The van der Waals surface area contributed by atoms with Crippen molar-refractivity contribution < 1.29 is 17.9 Å². The molecule has 3 N–H and O–H groups in total. The summed E-state index contributed by atoms with van der Waals surface area (Å²) in [4.78, 5) is 4.04. The molecule has 0 amide bonds. The van der Waals surface area contributed by atoms with E-state index in [2.05, 4.69) is 10.1 Å². The van der Waals surface area contributed by atoms with Crippen molar-refractivity contribution in [1.29, 1.82) is 0 Å². The molecule has 30 heavy (non-hydrogen) atoms. The summed E-state index contributed by atoms with van der Waals surface area (Å²) >= 11 is 0. The van der Waals surface area contributed by atoms with Crippen LogP contribution in [0.3, 0.4) is 0 Å². The summed E-state index contributed by atoms with van der Waals surface area (Å²) in [7, 11) is -3.42. The molecule has 1 aromatic carbocycles. The van der Waals surface area contributed by atoms with Crippen LogP contribution in [0.4, 0.5) is 10.3 Å². The van der Waals surface area contributed by atoms with Crippen LogP contribution in [0.25, 0.3) is 5.52 Å². The highest BCUT2D eigenvalue weighted by molar-refractivity contribution is 7.89. The fourth-order valence-electron chi connectivity index (χ4n) is 3.28. The van der Waals surface area contributed by atoms with Gasteiger partial charge in [0, 0.05) is 18.8 Å². The minimum absolute atomic E-state index is 0.148. The molecule has 1 fully saturated rings. The molecule has 1 unspecified atom stereocenters. The van der Waals surface area contributed by atoms with Gasteiger partial charge in [-0.3, -0.25) is 0 Å². The molecule has 0 saturated carbocycles. The molecule has 1 atom stereocenters. The SMILES string of the molecule is CC(C)c1cc(F)c2cnc(N)nn12.O=S(=O)(c1ccccc1)N1CCCC(O)C1. The molecule has 1 saturated heterocycles. The summed E-state index contributed by atoms with van der Waals surface area (Å²) in [6.45, 7) is 4.64. The second kappa shape index (κ2) is 9.07. The van der Waals surface area contributed by atoms with Crippen molar-refractivity contribution in [2.75, 3.05) is 18.8 Å². The van der Waals surface area contributed by atoms with Gasteiger partial charge in [0.05, 0.1) is 17.2 Å². The summed E-state index contributed by atoms with van der Waals surface area (Å²) in [5.74, 6) is 0.0324. The Morgan fingerprint density at radius 1 is 1.27 bits per heavy atom. The number of hydrogen-bond donors (Lipinski definition) is 2. The highest BCUT2D eigenvalue weighted by Crippen LogP contribution is 2.21. The fourth-order valence-corrected chi connectivity index (χ4v) is 4.82. The first-order valence-corrected chi connectivity index (χ1v) is 11.2. The van der Waals surface area contributed by atoms with E-state index in [0.29, 0.717) is 29.8 Å². The largest absolute Gasteiger partial charge is 0.392 e. The van der Waals surface area contributed by atoms with Crippen molar-refractivity contribution in [1.82, 2.24) is 18.9 Å². The van der Waals surface area contributed by atoms with E-state index in [1.54, 1.807) is 30.3 Å². The third-order valence-electron chi connectivity index (χ3n) is 4.85. The highest BCUT2D eigenvalue weighted by atomic mass is 32.2. The van der Waals surface area contributed by atoms with Crippen molar-refractivity contribution >= 4 is 21.5 Å². The Kier molecular flexibility index (Phi) is 6.69. The van der Waals surface area contributed by atoms with E-state index in [1.165, 1.54) is 21.1 Å². The Bertz CT molecular complexity index is 1100. The topological polar surface area (TPSA) is 114 Å². The number of nitrogens with two attached hydrogens (primary N) is 1. The maximum Gasteiger partial charge on any atom is 0.243 e. The van der Waals surface area contributed by atoms with Crippen LogP contribution in [-0.4, -0.2) is 51.6 Å². The highest BCUT2D eigenvalue weighted by Gasteiger charge is 2.29. The van der Waals surface area contributed by atoms with Gasteiger partial charge in [-0.25, -0.2) is 22.3 Å². The van der Waals surface area contributed by atoms with E-state index in [4.69, 9.17) is 5.73 Å². The summed E-state index contributed by atoms with van der Waals surface area (Å²) in [5, 5.41) is 13.4. The smallest absolute Gasteiger partial charge is 0.243 e. The third kappa shape index (κ3) is 4.77. The summed E-state index contributed by atoms with van der Waals surface area (Å²) in [6, 6.07) is 9.81. The van der Waals surface area contributed by atoms with E-state index in [1.807, 2.05) is 13.8 Å². The molecule has 162 valence electrons. The number of hydrogen-bond acceptors (Lipinski definition) is 6. The van der Waals surface area contributed by atoms with E-state index in [0.717, 1.165) is 5.69 Å². The van der Waals surface area contributed by atoms with E-state index < -0.39 is 16.1 Å². The average Bonchev–Trinajstić information content (AvgIpc) is 3.05. The van der Waals surface area contributed by atoms with Crippen LogP contribution >= 0.6 is 0 Å². The molecule has 3 aromatic rings. The number of fused-ring (bicyclic) bond motifs is 1. The number of nitrogens with zero attached hydrogens (tertiary/aromatic N) is 4. The maximum atomic E-state index is 13.4. The molecule has 8 nitrogen and oxygen atoms in total. The molecule has 4 rings (SSSR count). The number of aliphatic hydroxyl groups excluding tert-OH is 1. The van der Waals surface area contributed by atoms with Gasteiger partial charge in [-0.1, -0.05) is 32.0 Å². The van der Waals surface area contributed by atoms with Gasteiger partial charge < -0.3 is 10.8 Å². The first-order chi connectivity index (χ1) is 14.2. The number of anilines is 1. The number of aromatic nitrogens is 3. The number of sulfonamides is 1. The molecular weight excluding hydrogens is 409 g/mol. The minimum atomic E-state index is -3.42. The first-order valence-electron chi connectivity index (χ1n) is 9.73. The Hall–Kier alpha value is -2.56. The lowest BCUT2D eigenvalue weighted by Gasteiger charge is -2.29. The first kappa shape index (κ1) is 22.1. The monoisotopic (exact) mass is 435 g/mol. The van der Waals surface area contributed by atoms with Gasteiger partial charge in [0.25, 0.3) is 0 Å². The molecule has 0 radical (unpaired) electrons. The van der Waals surface area contributed by atoms with Crippen LogP contribution in [0.2, 0.25) is 0 Å². The zero-order valence-corrected chi connectivity index (χ0v) is 17.8. The number of benzene rings is 1. The van der Waals surface area contributed by atoms with Crippen molar-refractivity contribution in [3.8, 4) is 0 Å². The Labute approximate surface area is 175 Å². The normalized spacial score (nSPS) is 17.7. The van der Waals surface area contributed by atoms with Gasteiger partial charge in [-0.05, 0) is 37.0 Å². The van der Waals surface area contributed by atoms with Crippen molar-refractivity contribution in [2.45, 2.75) is 43.6 Å². The molecule has 1 aliphatic rings. The molecule has 3 heterocycles. The standard InChI is InChI=1S/C11H15NO3S.C9H11FN4/c13-10-5-4-8-12(9-10)16(14,15)11-6-2-1-3-7-11;1-5(2)7-3-6(10)8-4-12-9(11)13-14(7)8/h1-3,6-7,10,13H,4-5,8-9H2;3-5H,1-2H3,(H2,11,13). The number of aliphatic hydroxyl groups is 1. The molecule has 0 bridgehead atoms.